The van der Waals surface area contributed by atoms with Crippen molar-refractivity contribution >= 4 is 5.91 Å². The molecule has 1 aromatic rings. The van der Waals surface area contributed by atoms with Crippen molar-refractivity contribution in [2.75, 3.05) is 13.1 Å². The number of carbonyl (C=O) groups excluding carboxylic acids is 1. The third kappa shape index (κ3) is 1.69. The number of aromatic hydroxyl groups is 1. The van der Waals surface area contributed by atoms with Crippen molar-refractivity contribution in [3.05, 3.63) is 29.8 Å². The van der Waals surface area contributed by atoms with E-state index in [0.717, 1.165) is 12.1 Å². The van der Waals surface area contributed by atoms with Crippen molar-refractivity contribution in [2.45, 2.75) is 6.54 Å². The summed E-state index contributed by atoms with van der Waals surface area (Å²) in [7, 11) is 0. The Morgan fingerprint density at radius 1 is 1.35 bits per heavy atom. The van der Waals surface area contributed by atoms with Gasteiger partial charge in [-0.2, -0.15) is 0 Å². The average molecular weight is 232 g/mol. The topological polar surface area (TPSA) is 66.6 Å². The number of phenolic OH excluding ortho intramolecular Hbond substituents is 1. The minimum absolute atomic E-state index is 0.192. The number of phenols is 1. The Hall–Kier alpha value is -1.55. The number of rotatable bonds is 3. The number of hydrogen-bond acceptors (Lipinski definition) is 3. The second-order valence-corrected chi connectivity index (χ2v) is 4.97. The number of nitrogens with zero attached hydrogens (tertiary/aromatic N) is 1. The van der Waals surface area contributed by atoms with Crippen LogP contribution in [0.2, 0.25) is 0 Å². The quantitative estimate of drug-likeness (QED) is 0.800. The molecule has 3 rings (SSSR count). The number of carbonyl (C=O) groups is 1. The van der Waals surface area contributed by atoms with Crippen LogP contribution in [0.5, 0.6) is 5.75 Å². The van der Waals surface area contributed by atoms with E-state index in [0.29, 0.717) is 24.9 Å². The second-order valence-electron chi connectivity index (χ2n) is 4.97. The zero-order valence-corrected chi connectivity index (χ0v) is 9.54. The molecule has 4 nitrogen and oxygen atoms in total. The molecule has 17 heavy (non-hydrogen) atoms. The van der Waals surface area contributed by atoms with Crippen LogP contribution in [-0.4, -0.2) is 29.0 Å². The number of piperidine rings is 1. The van der Waals surface area contributed by atoms with Crippen molar-refractivity contribution in [1.82, 2.24) is 4.90 Å². The van der Waals surface area contributed by atoms with Crippen LogP contribution in [0.4, 0.5) is 0 Å². The van der Waals surface area contributed by atoms with Gasteiger partial charge in [-0.3, -0.25) is 4.79 Å². The lowest BCUT2D eigenvalue weighted by Crippen LogP contribution is -2.30. The Bertz CT molecular complexity index is 443. The lowest BCUT2D eigenvalue weighted by atomic mass is 10.2. The highest BCUT2D eigenvalue weighted by atomic mass is 16.3. The molecule has 3 N–H and O–H groups in total. The SMILES string of the molecule is NCC1C2CN(Cc3ccc(O)cc3)C(=O)C12. The average Bonchev–Trinajstić information content (AvgIpc) is 2.94. The van der Waals surface area contributed by atoms with Crippen LogP contribution in [0.25, 0.3) is 0 Å². The van der Waals surface area contributed by atoms with E-state index >= 15 is 0 Å². The monoisotopic (exact) mass is 232 g/mol. The van der Waals surface area contributed by atoms with Gasteiger partial charge in [-0.1, -0.05) is 12.1 Å². The van der Waals surface area contributed by atoms with E-state index in [1.54, 1.807) is 12.1 Å². The van der Waals surface area contributed by atoms with E-state index in [9.17, 15) is 9.90 Å². The van der Waals surface area contributed by atoms with E-state index in [4.69, 9.17) is 5.73 Å². The molecule has 2 aliphatic rings. The molecule has 0 spiro atoms. The molecule has 3 atom stereocenters. The summed E-state index contributed by atoms with van der Waals surface area (Å²) < 4.78 is 0. The zero-order chi connectivity index (χ0) is 12.0. The summed E-state index contributed by atoms with van der Waals surface area (Å²) in [6.07, 6.45) is 0. The first-order valence-electron chi connectivity index (χ1n) is 5.97. The molecule has 1 aromatic carbocycles. The van der Waals surface area contributed by atoms with Crippen LogP contribution >= 0.6 is 0 Å². The van der Waals surface area contributed by atoms with Crippen LogP contribution < -0.4 is 5.73 Å². The number of benzene rings is 1. The van der Waals surface area contributed by atoms with Gasteiger partial charge in [0, 0.05) is 19.0 Å². The standard InChI is InChI=1S/C13H16N2O2/c14-5-10-11-7-15(13(17)12(10)11)6-8-1-3-9(16)4-2-8/h1-4,10-12,16H,5-7,14H2. The molecule has 1 amide bonds. The molecule has 4 heteroatoms. The predicted octanol–water partition coefficient (Wildman–Crippen LogP) is 0.555. The summed E-state index contributed by atoms with van der Waals surface area (Å²) in [6.45, 7) is 2.11. The first-order chi connectivity index (χ1) is 8.20. The van der Waals surface area contributed by atoms with Gasteiger partial charge in [-0.25, -0.2) is 0 Å². The second kappa shape index (κ2) is 3.74. The molecule has 0 radical (unpaired) electrons. The first kappa shape index (κ1) is 10.6. The predicted molar refractivity (Wildman–Crippen MR) is 63.0 cm³/mol. The molecule has 1 aliphatic carbocycles. The van der Waals surface area contributed by atoms with E-state index < -0.39 is 0 Å². The van der Waals surface area contributed by atoms with Gasteiger partial charge in [-0.15, -0.1) is 0 Å². The third-order valence-electron chi connectivity index (χ3n) is 3.94. The van der Waals surface area contributed by atoms with E-state index in [-0.39, 0.29) is 17.6 Å². The Morgan fingerprint density at radius 2 is 2.06 bits per heavy atom. The molecule has 90 valence electrons. The minimum Gasteiger partial charge on any atom is -0.508 e. The molecule has 0 bridgehead atoms. The molecule has 1 heterocycles. The van der Waals surface area contributed by atoms with Gasteiger partial charge in [0.25, 0.3) is 0 Å². The van der Waals surface area contributed by atoms with E-state index in [1.165, 1.54) is 0 Å². The molecule has 1 aliphatic heterocycles. The number of hydrogen-bond donors (Lipinski definition) is 2. The maximum Gasteiger partial charge on any atom is 0.226 e. The zero-order valence-electron chi connectivity index (χ0n) is 9.54. The summed E-state index contributed by atoms with van der Waals surface area (Å²) in [4.78, 5) is 13.9. The summed E-state index contributed by atoms with van der Waals surface area (Å²) in [5, 5.41) is 9.19. The van der Waals surface area contributed by atoms with Gasteiger partial charge in [0.1, 0.15) is 5.75 Å². The first-order valence-corrected chi connectivity index (χ1v) is 5.97. The molecule has 3 unspecified atom stereocenters. The lowest BCUT2D eigenvalue weighted by Gasteiger charge is -2.19. The van der Waals surface area contributed by atoms with Gasteiger partial charge < -0.3 is 15.7 Å². The van der Waals surface area contributed by atoms with Crippen molar-refractivity contribution in [2.24, 2.45) is 23.5 Å². The molecular weight excluding hydrogens is 216 g/mol. The van der Waals surface area contributed by atoms with Gasteiger partial charge in [0.2, 0.25) is 5.91 Å². The van der Waals surface area contributed by atoms with Crippen molar-refractivity contribution in [1.29, 1.82) is 0 Å². The molecule has 1 saturated heterocycles. The fraction of sp³-hybridized carbons (Fsp3) is 0.462. The van der Waals surface area contributed by atoms with Crippen LogP contribution in [0.3, 0.4) is 0 Å². The van der Waals surface area contributed by atoms with E-state index in [2.05, 4.69) is 0 Å². The van der Waals surface area contributed by atoms with Crippen molar-refractivity contribution in [3.8, 4) is 5.75 Å². The van der Waals surface area contributed by atoms with Crippen molar-refractivity contribution < 1.29 is 9.90 Å². The molecule has 0 aromatic heterocycles. The van der Waals surface area contributed by atoms with Gasteiger partial charge in [0.15, 0.2) is 0 Å². The van der Waals surface area contributed by atoms with Crippen LogP contribution in [0, 0.1) is 17.8 Å². The third-order valence-corrected chi connectivity index (χ3v) is 3.94. The van der Waals surface area contributed by atoms with Crippen LogP contribution in [0.15, 0.2) is 24.3 Å². The smallest absolute Gasteiger partial charge is 0.226 e. The van der Waals surface area contributed by atoms with Crippen molar-refractivity contribution in [3.63, 3.8) is 0 Å². The lowest BCUT2D eigenvalue weighted by molar-refractivity contribution is -0.131. The summed E-state index contributed by atoms with van der Waals surface area (Å²) in [6, 6.07) is 7.01. The molecule has 2 fully saturated rings. The fourth-order valence-corrected chi connectivity index (χ4v) is 2.90. The largest absolute Gasteiger partial charge is 0.508 e. The number of likely N-dealkylation sites (tertiary alicyclic amines) is 1. The summed E-state index contributed by atoms with van der Waals surface area (Å²) in [5.41, 5.74) is 6.66. The highest BCUT2D eigenvalue weighted by molar-refractivity contribution is 5.85. The number of nitrogens with two attached hydrogens (primary N) is 1. The highest BCUT2D eigenvalue weighted by Gasteiger charge is 2.60. The Morgan fingerprint density at radius 3 is 2.59 bits per heavy atom. The number of amides is 1. The Kier molecular flexibility index (Phi) is 2.33. The fourth-order valence-electron chi connectivity index (χ4n) is 2.90. The normalized spacial score (nSPS) is 30.5. The molecular formula is C13H16N2O2. The summed E-state index contributed by atoms with van der Waals surface area (Å²) in [5.74, 6) is 1.62. The maximum absolute atomic E-state index is 12.0. The Labute approximate surface area is 100 Å². The van der Waals surface area contributed by atoms with Gasteiger partial charge >= 0.3 is 0 Å². The highest BCUT2D eigenvalue weighted by Crippen LogP contribution is 2.52. The van der Waals surface area contributed by atoms with Crippen LogP contribution in [-0.2, 0) is 11.3 Å². The summed E-state index contributed by atoms with van der Waals surface area (Å²) >= 11 is 0. The molecule has 1 saturated carbocycles. The maximum atomic E-state index is 12.0. The van der Waals surface area contributed by atoms with Gasteiger partial charge in [-0.05, 0) is 36.1 Å². The Balaban J connectivity index is 1.65. The number of fused-ring (bicyclic) bond motifs is 1. The minimum atomic E-state index is 0.192. The van der Waals surface area contributed by atoms with Gasteiger partial charge in [0.05, 0.1) is 0 Å². The van der Waals surface area contributed by atoms with Crippen LogP contribution in [0.1, 0.15) is 5.56 Å². The van der Waals surface area contributed by atoms with E-state index in [1.807, 2.05) is 17.0 Å².